The molecule has 2 aromatic carbocycles. The molecule has 1 unspecified atom stereocenters. The number of aliphatic carboxylic acids is 2. The quantitative estimate of drug-likeness (QED) is 0.196. The summed E-state index contributed by atoms with van der Waals surface area (Å²) in [6.07, 6.45) is 5.09. The molecule has 1 aromatic heterocycles. The van der Waals surface area contributed by atoms with E-state index in [1.165, 1.54) is 0 Å². The average molecular weight is 516 g/mol. The van der Waals surface area contributed by atoms with Gasteiger partial charge >= 0.3 is 11.9 Å². The van der Waals surface area contributed by atoms with Gasteiger partial charge < -0.3 is 10.2 Å². The number of carbonyl (C=O) groups is 2. The highest BCUT2D eigenvalue weighted by Crippen LogP contribution is 2.40. The third-order valence-electron chi connectivity index (χ3n) is 5.05. The lowest BCUT2D eigenvalue weighted by Gasteiger charge is -2.18. The molecule has 1 heterocycles. The third-order valence-corrected chi connectivity index (χ3v) is 8.37. The summed E-state index contributed by atoms with van der Waals surface area (Å²) in [6.45, 7) is 2.11. The lowest BCUT2D eigenvalue weighted by Crippen LogP contribution is -2.23. The molecule has 0 fully saturated rings. The van der Waals surface area contributed by atoms with Crippen LogP contribution in [0.2, 0.25) is 5.02 Å². The maximum Gasteiger partial charge on any atom is 0.317 e. The molecule has 3 aromatic rings. The van der Waals surface area contributed by atoms with Crippen molar-refractivity contribution >= 4 is 70.1 Å². The zero-order valence-electron chi connectivity index (χ0n) is 18.7. The normalized spacial score (nSPS) is 12.4. The number of hydrogen-bond acceptors (Lipinski definition) is 5. The summed E-state index contributed by atoms with van der Waals surface area (Å²) in [5.74, 6) is -2.54. The zero-order valence-corrected chi connectivity index (χ0v) is 21.1. The minimum absolute atomic E-state index is 0.0930. The largest absolute Gasteiger partial charge is 0.481 e. The minimum atomic E-state index is -1.37. The monoisotopic (exact) mass is 515 g/mol. The van der Waals surface area contributed by atoms with Crippen LogP contribution in [0, 0.1) is 5.92 Å². The molecule has 1 atom stereocenters. The minimum Gasteiger partial charge on any atom is -0.481 e. The van der Waals surface area contributed by atoms with Crippen LogP contribution < -0.4 is 0 Å². The van der Waals surface area contributed by atoms with Gasteiger partial charge in [0.1, 0.15) is 0 Å². The molecule has 0 aliphatic carbocycles. The van der Waals surface area contributed by atoms with Gasteiger partial charge in [-0.05, 0) is 65.8 Å². The number of nitrogens with zero attached hydrogens (tertiary/aromatic N) is 1. The highest BCUT2D eigenvalue weighted by molar-refractivity contribution is 8.16. The summed E-state index contributed by atoms with van der Waals surface area (Å²) in [5.41, 5.74) is 3.82. The van der Waals surface area contributed by atoms with Crippen LogP contribution >= 0.6 is 35.1 Å². The zero-order chi connectivity index (χ0) is 24.5. The molecule has 0 bridgehead atoms. The van der Waals surface area contributed by atoms with Crippen molar-refractivity contribution < 1.29 is 19.8 Å². The molecule has 0 saturated heterocycles. The van der Waals surface area contributed by atoms with E-state index in [4.69, 9.17) is 21.8 Å². The van der Waals surface area contributed by atoms with Crippen molar-refractivity contribution in [2.45, 2.75) is 24.3 Å². The van der Waals surface area contributed by atoms with E-state index >= 15 is 0 Å². The maximum absolute atomic E-state index is 11.2. The molecule has 0 radical (unpaired) electrons. The molecule has 2 N–H and O–H groups in total. The number of hydrogen-bond donors (Lipinski definition) is 2. The smallest absolute Gasteiger partial charge is 0.317 e. The number of rotatable bonds is 12. The van der Waals surface area contributed by atoms with Crippen LogP contribution in [0.3, 0.4) is 0 Å². The molecule has 8 heteroatoms. The Kier molecular flexibility index (Phi) is 9.86. The van der Waals surface area contributed by atoms with Gasteiger partial charge in [0.25, 0.3) is 0 Å². The second kappa shape index (κ2) is 12.8. The fourth-order valence-electron chi connectivity index (χ4n) is 3.30. The highest BCUT2D eigenvalue weighted by Gasteiger charge is 2.26. The molecule has 0 aliphatic rings. The Balaban J connectivity index is 1.73. The van der Waals surface area contributed by atoms with Crippen LogP contribution in [-0.2, 0) is 9.59 Å². The number of pyridine rings is 1. The average Bonchev–Trinajstić information content (AvgIpc) is 2.81. The van der Waals surface area contributed by atoms with Crippen molar-refractivity contribution in [1.82, 2.24) is 4.98 Å². The summed E-state index contributed by atoms with van der Waals surface area (Å²) >= 11 is 9.47. The Labute approximate surface area is 212 Å². The van der Waals surface area contributed by atoms with Crippen molar-refractivity contribution in [2.24, 2.45) is 5.92 Å². The molecule has 34 heavy (non-hydrogen) atoms. The summed E-state index contributed by atoms with van der Waals surface area (Å²) in [4.78, 5) is 27.0. The molecule has 178 valence electrons. The first-order chi connectivity index (χ1) is 16.4. The molecule has 0 aliphatic heterocycles. The molecule has 0 amide bonds. The topological polar surface area (TPSA) is 87.5 Å². The van der Waals surface area contributed by atoms with Crippen LogP contribution in [0.15, 0.2) is 54.6 Å². The van der Waals surface area contributed by atoms with Crippen LogP contribution in [0.5, 0.6) is 0 Å². The number of fused-ring (bicyclic) bond motifs is 1. The number of carboxylic acids is 2. The lowest BCUT2D eigenvalue weighted by molar-refractivity contribution is -0.154. The number of halogens is 1. The van der Waals surface area contributed by atoms with E-state index < -0.39 is 17.9 Å². The van der Waals surface area contributed by atoms with Crippen LogP contribution in [0.4, 0.5) is 0 Å². The second-order valence-electron chi connectivity index (χ2n) is 7.67. The van der Waals surface area contributed by atoms with Gasteiger partial charge in [0, 0.05) is 10.4 Å². The predicted octanol–water partition coefficient (Wildman–Crippen LogP) is 7.11. The summed E-state index contributed by atoms with van der Waals surface area (Å²) in [5, 5.41) is 19.9. The molecular formula is C26H26ClNO4S2. The van der Waals surface area contributed by atoms with Gasteiger partial charge in [-0.2, -0.15) is 0 Å². The molecule has 3 rings (SSSR count). The molecule has 0 spiro atoms. The van der Waals surface area contributed by atoms with Crippen molar-refractivity contribution in [3.05, 3.63) is 76.4 Å². The maximum atomic E-state index is 11.2. The number of benzene rings is 2. The Hall–Kier alpha value is -2.48. The first kappa shape index (κ1) is 26.1. The van der Waals surface area contributed by atoms with Crippen LogP contribution in [0.1, 0.15) is 41.2 Å². The number of aromatic nitrogens is 1. The Morgan fingerprint density at radius 1 is 1.00 bits per heavy atom. The fraction of sp³-hybridized carbons (Fsp3) is 0.269. The molecular weight excluding hydrogens is 490 g/mol. The van der Waals surface area contributed by atoms with E-state index in [1.807, 2.05) is 54.6 Å². The number of thioether (sulfide) groups is 2. The molecule has 5 nitrogen and oxygen atoms in total. The Morgan fingerprint density at radius 3 is 2.47 bits per heavy atom. The fourth-order valence-corrected chi connectivity index (χ4v) is 6.14. The molecule has 0 saturated carbocycles. The Morgan fingerprint density at radius 2 is 1.74 bits per heavy atom. The van der Waals surface area contributed by atoms with Gasteiger partial charge in [-0.25, -0.2) is 4.98 Å². The standard InChI is InChI=1S/C26H26ClNO4S2/c1-2-13-33-26(34-14-12-22(24(29)30)25(31)32)19-5-3-4-17(15-19)6-10-21-11-8-18-7-9-20(27)16-23(18)28-21/h3-11,15-16,22,26H,2,12-14H2,1H3,(H,29,30)(H,31,32). The predicted molar refractivity (Wildman–Crippen MR) is 143 cm³/mol. The Bertz CT molecular complexity index is 1170. The van der Waals surface area contributed by atoms with E-state index in [0.29, 0.717) is 10.8 Å². The second-order valence-corrected chi connectivity index (χ2v) is 10.8. The first-order valence-corrected chi connectivity index (χ1v) is 13.4. The van der Waals surface area contributed by atoms with Crippen molar-refractivity contribution in [3.63, 3.8) is 0 Å². The van der Waals surface area contributed by atoms with E-state index in [2.05, 4.69) is 24.0 Å². The summed E-state index contributed by atoms with van der Waals surface area (Å²) in [7, 11) is 0. The van der Waals surface area contributed by atoms with Gasteiger partial charge in [0.05, 0.1) is 15.8 Å². The summed E-state index contributed by atoms with van der Waals surface area (Å²) < 4.78 is 0.0949. The van der Waals surface area contributed by atoms with E-state index in [9.17, 15) is 9.59 Å². The van der Waals surface area contributed by atoms with Gasteiger partial charge in [-0.15, -0.1) is 23.5 Å². The van der Waals surface area contributed by atoms with E-state index in [-0.39, 0.29) is 11.0 Å². The van der Waals surface area contributed by atoms with Gasteiger partial charge in [0.15, 0.2) is 5.92 Å². The van der Waals surface area contributed by atoms with Gasteiger partial charge in [0.2, 0.25) is 0 Å². The summed E-state index contributed by atoms with van der Waals surface area (Å²) in [6, 6.07) is 17.8. The van der Waals surface area contributed by atoms with Crippen molar-refractivity contribution in [2.75, 3.05) is 11.5 Å². The van der Waals surface area contributed by atoms with E-state index in [0.717, 1.165) is 39.9 Å². The highest BCUT2D eigenvalue weighted by atomic mass is 35.5. The van der Waals surface area contributed by atoms with Crippen molar-refractivity contribution in [3.8, 4) is 0 Å². The van der Waals surface area contributed by atoms with Crippen LogP contribution in [-0.4, -0.2) is 38.6 Å². The number of carboxylic acid groups (broad SMARTS) is 2. The van der Waals surface area contributed by atoms with E-state index in [1.54, 1.807) is 23.5 Å². The van der Waals surface area contributed by atoms with Gasteiger partial charge in [-0.3, -0.25) is 9.59 Å². The van der Waals surface area contributed by atoms with Crippen LogP contribution in [0.25, 0.3) is 23.1 Å². The lowest BCUT2D eigenvalue weighted by atomic mass is 10.1. The SMILES string of the molecule is CCCSC(SCCC(C(=O)O)C(=O)O)c1cccc(C=Cc2ccc3ccc(Cl)cc3n2)c1. The third kappa shape index (κ3) is 7.52. The van der Waals surface area contributed by atoms with Gasteiger partial charge in [-0.1, -0.05) is 54.9 Å². The van der Waals surface area contributed by atoms with Crippen molar-refractivity contribution in [1.29, 1.82) is 0 Å². The first-order valence-electron chi connectivity index (χ1n) is 10.9.